The first kappa shape index (κ1) is 11.3. The van der Waals surface area contributed by atoms with Crippen LogP contribution in [0.3, 0.4) is 0 Å². The Morgan fingerprint density at radius 3 is 3.00 bits per heavy atom. The molecule has 1 saturated carbocycles. The predicted molar refractivity (Wildman–Crippen MR) is 70.5 cm³/mol. The van der Waals surface area contributed by atoms with Gasteiger partial charge in [-0.1, -0.05) is 0 Å². The number of nitrogens with zero attached hydrogens (tertiary/aromatic N) is 1. The highest BCUT2D eigenvalue weighted by Crippen LogP contribution is 2.47. The Morgan fingerprint density at radius 2 is 2.29 bits per heavy atom. The van der Waals surface area contributed by atoms with E-state index in [1.807, 2.05) is 0 Å². The molecule has 2 aliphatic rings. The summed E-state index contributed by atoms with van der Waals surface area (Å²) in [5.74, 6) is 2.04. The second kappa shape index (κ2) is 4.82. The number of rotatable bonds is 4. The molecule has 1 aliphatic heterocycles. The number of aromatic nitrogens is 1. The minimum Gasteiger partial charge on any atom is -0.383 e. The second-order valence-electron chi connectivity index (χ2n) is 5.05. The molecule has 5 heteroatoms. The Balaban J connectivity index is 1.60. The minimum atomic E-state index is 0.638. The van der Waals surface area contributed by atoms with Gasteiger partial charge in [0.2, 0.25) is 0 Å². The molecule has 3 rings (SSSR count). The Hall–Kier alpha value is -0.810. The molecular weight excluding hydrogens is 234 g/mol. The lowest BCUT2D eigenvalue weighted by atomic mass is 10.0. The number of hydrogen-bond acceptors (Lipinski definition) is 5. The lowest BCUT2D eigenvalue weighted by Crippen LogP contribution is -2.24. The van der Waals surface area contributed by atoms with Crippen LogP contribution in [0.15, 0.2) is 0 Å². The molecule has 94 valence electrons. The summed E-state index contributed by atoms with van der Waals surface area (Å²) in [4.78, 5) is 0. The lowest BCUT2D eigenvalue weighted by Gasteiger charge is -2.22. The molecule has 0 bridgehead atoms. The van der Waals surface area contributed by atoms with Crippen LogP contribution >= 0.6 is 11.5 Å². The molecule has 1 aromatic rings. The van der Waals surface area contributed by atoms with Crippen molar-refractivity contribution in [2.24, 2.45) is 5.92 Å². The van der Waals surface area contributed by atoms with Crippen molar-refractivity contribution in [3.05, 3.63) is 5.56 Å². The van der Waals surface area contributed by atoms with Gasteiger partial charge >= 0.3 is 0 Å². The van der Waals surface area contributed by atoms with Crippen LogP contribution in [0.1, 0.15) is 37.2 Å². The van der Waals surface area contributed by atoms with Gasteiger partial charge in [-0.15, -0.1) is 0 Å². The van der Waals surface area contributed by atoms with E-state index in [4.69, 9.17) is 10.5 Å². The van der Waals surface area contributed by atoms with Crippen molar-refractivity contribution in [1.29, 1.82) is 0 Å². The molecule has 1 atom stereocenters. The monoisotopic (exact) mass is 253 g/mol. The molecule has 4 nitrogen and oxygen atoms in total. The minimum absolute atomic E-state index is 0.638. The van der Waals surface area contributed by atoms with E-state index in [2.05, 4.69) is 9.69 Å². The summed E-state index contributed by atoms with van der Waals surface area (Å²) in [6.07, 6.45) is 4.99. The Labute approximate surface area is 106 Å². The highest BCUT2D eigenvalue weighted by atomic mass is 32.1. The van der Waals surface area contributed by atoms with E-state index in [9.17, 15) is 0 Å². The summed E-state index contributed by atoms with van der Waals surface area (Å²) >= 11 is 1.51. The van der Waals surface area contributed by atoms with Crippen LogP contribution in [-0.4, -0.2) is 24.1 Å². The molecule has 1 unspecified atom stereocenters. The van der Waals surface area contributed by atoms with Crippen molar-refractivity contribution >= 4 is 22.4 Å². The number of hydrogen-bond donors (Lipinski definition) is 2. The normalized spacial score (nSPS) is 24.8. The fraction of sp³-hybridized carbons (Fsp3) is 0.750. The van der Waals surface area contributed by atoms with Crippen LogP contribution in [0.25, 0.3) is 0 Å². The summed E-state index contributed by atoms with van der Waals surface area (Å²) in [5.41, 5.74) is 7.20. The third-order valence-electron chi connectivity index (χ3n) is 3.55. The van der Waals surface area contributed by atoms with Gasteiger partial charge in [0, 0.05) is 18.7 Å². The van der Waals surface area contributed by atoms with Gasteiger partial charge in [-0.3, -0.25) is 0 Å². The maximum atomic E-state index is 5.93. The molecule has 3 N–H and O–H groups in total. The average Bonchev–Trinajstić information content (AvgIpc) is 3.12. The SMILES string of the molecule is Nc1nsc(NCC2CCCOC2)c1C1CC1. The third-order valence-corrected chi connectivity index (χ3v) is 4.38. The van der Waals surface area contributed by atoms with Crippen LogP contribution in [0, 0.1) is 5.92 Å². The van der Waals surface area contributed by atoms with E-state index in [-0.39, 0.29) is 0 Å². The van der Waals surface area contributed by atoms with E-state index in [0.29, 0.717) is 11.8 Å². The van der Waals surface area contributed by atoms with Crippen molar-refractivity contribution < 1.29 is 4.74 Å². The van der Waals surface area contributed by atoms with E-state index in [1.54, 1.807) is 0 Å². The summed E-state index contributed by atoms with van der Waals surface area (Å²) in [5, 5.41) is 4.71. The predicted octanol–water partition coefficient (Wildman–Crippen LogP) is 2.44. The fourth-order valence-corrected chi connectivity index (χ4v) is 3.21. The van der Waals surface area contributed by atoms with Gasteiger partial charge in [-0.05, 0) is 49.1 Å². The molecule has 1 aromatic heterocycles. The Kier molecular flexibility index (Phi) is 3.20. The number of anilines is 2. The molecular formula is C12H19N3OS. The van der Waals surface area contributed by atoms with E-state index < -0.39 is 0 Å². The average molecular weight is 253 g/mol. The number of nitrogens with two attached hydrogens (primary N) is 1. The zero-order valence-electron chi connectivity index (χ0n) is 9.95. The zero-order valence-corrected chi connectivity index (χ0v) is 10.8. The number of ether oxygens (including phenoxy) is 1. The van der Waals surface area contributed by atoms with Crippen molar-refractivity contribution in [1.82, 2.24) is 4.37 Å². The van der Waals surface area contributed by atoms with Crippen LogP contribution in [-0.2, 0) is 4.74 Å². The molecule has 1 saturated heterocycles. The summed E-state index contributed by atoms with van der Waals surface area (Å²) < 4.78 is 9.76. The molecule has 0 radical (unpaired) electrons. The first-order valence-corrected chi connectivity index (χ1v) is 7.18. The van der Waals surface area contributed by atoms with Gasteiger partial charge in [0.15, 0.2) is 0 Å². The molecule has 0 aromatic carbocycles. The fourth-order valence-electron chi connectivity index (χ4n) is 2.41. The molecule has 2 fully saturated rings. The lowest BCUT2D eigenvalue weighted by molar-refractivity contribution is 0.0595. The van der Waals surface area contributed by atoms with Crippen molar-refractivity contribution in [3.63, 3.8) is 0 Å². The topological polar surface area (TPSA) is 60.2 Å². The van der Waals surface area contributed by atoms with Gasteiger partial charge in [0.05, 0.1) is 6.61 Å². The summed E-state index contributed by atoms with van der Waals surface area (Å²) in [6.45, 7) is 2.80. The molecule has 1 aliphatic carbocycles. The molecule has 0 amide bonds. The van der Waals surface area contributed by atoms with Gasteiger partial charge in [0.1, 0.15) is 10.8 Å². The summed E-state index contributed by atoms with van der Waals surface area (Å²) in [6, 6.07) is 0. The quantitative estimate of drug-likeness (QED) is 0.865. The highest BCUT2D eigenvalue weighted by Gasteiger charge is 2.30. The Bertz CT molecular complexity index is 383. The van der Waals surface area contributed by atoms with Gasteiger partial charge < -0.3 is 15.8 Å². The smallest absolute Gasteiger partial charge is 0.142 e. The highest BCUT2D eigenvalue weighted by molar-refractivity contribution is 7.10. The van der Waals surface area contributed by atoms with E-state index >= 15 is 0 Å². The first-order chi connectivity index (χ1) is 8.34. The third kappa shape index (κ3) is 2.55. The van der Waals surface area contributed by atoms with Crippen LogP contribution < -0.4 is 11.1 Å². The second-order valence-corrected chi connectivity index (χ2v) is 5.82. The van der Waals surface area contributed by atoms with Crippen LogP contribution in [0.4, 0.5) is 10.8 Å². The maximum absolute atomic E-state index is 5.93. The van der Waals surface area contributed by atoms with Crippen LogP contribution in [0.5, 0.6) is 0 Å². The van der Waals surface area contributed by atoms with E-state index in [0.717, 1.165) is 25.6 Å². The van der Waals surface area contributed by atoms with Crippen molar-refractivity contribution in [2.75, 3.05) is 30.8 Å². The Morgan fingerprint density at radius 1 is 1.41 bits per heavy atom. The summed E-state index contributed by atoms with van der Waals surface area (Å²) in [7, 11) is 0. The molecule has 0 spiro atoms. The van der Waals surface area contributed by atoms with Gasteiger partial charge in [-0.2, -0.15) is 4.37 Å². The maximum Gasteiger partial charge on any atom is 0.142 e. The largest absolute Gasteiger partial charge is 0.383 e. The van der Waals surface area contributed by atoms with Crippen molar-refractivity contribution in [3.8, 4) is 0 Å². The zero-order chi connectivity index (χ0) is 11.7. The van der Waals surface area contributed by atoms with E-state index in [1.165, 1.54) is 47.8 Å². The van der Waals surface area contributed by atoms with Gasteiger partial charge in [-0.25, -0.2) is 0 Å². The van der Waals surface area contributed by atoms with Gasteiger partial charge in [0.25, 0.3) is 0 Å². The van der Waals surface area contributed by atoms with Crippen molar-refractivity contribution in [2.45, 2.75) is 31.6 Å². The molecule has 17 heavy (non-hydrogen) atoms. The number of nitrogen functional groups attached to an aromatic ring is 1. The number of nitrogens with one attached hydrogen (secondary N) is 1. The first-order valence-electron chi connectivity index (χ1n) is 6.41. The molecule has 2 heterocycles. The standard InChI is InChI=1S/C12H19N3OS/c13-11-10(9-3-4-9)12(17-15-11)14-6-8-2-1-5-16-7-8/h8-9,14H,1-7H2,(H2,13,15). The van der Waals surface area contributed by atoms with Crippen LogP contribution in [0.2, 0.25) is 0 Å².